The molecular formula is C19H20N2O3S2. The molecule has 0 aliphatic heterocycles. The number of methoxy groups -OCH3 is 1. The number of carbonyl (C=O) groups is 1. The number of thiophene rings is 1. The van der Waals surface area contributed by atoms with E-state index in [9.17, 15) is 4.79 Å². The van der Waals surface area contributed by atoms with Gasteiger partial charge < -0.3 is 9.47 Å². The van der Waals surface area contributed by atoms with Crippen molar-refractivity contribution in [2.75, 3.05) is 13.7 Å². The Labute approximate surface area is 160 Å². The minimum Gasteiger partial charge on any atom is -0.497 e. The lowest BCUT2D eigenvalue weighted by molar-refractivity contribution is -0.142. The summed E-state index contributed by atoms with van der Waals surface area (Å²) in [5.74, 6) is 0.612. The number of nitrogens with zero attached hydrogens (tertiary/aromatic N) is 2. The van der Waals surface area contributed by atoms with Crippen LogP contribution in [0.15, 0.2) is 41.0 Å². The van der Waals surface area contributed by atoms with Gasteiger partial charge in [0.25, 0.3) is 0 Å². The number of carbonyl (C=O) groups excluding carboxylic acids is 1. The fraction of sp³-hybridized carbons (Fsp3) is 0.316. The smallest absolute Gasteiger partial charge is 0.319 e. The van der Waals surface area contributed by atoms with Crippen LogP contribution in [0.1, 0.15) is 20.3 Å². The molecule has 7 heteroatoms. The van der Waals surface area contributed by atoms with Crippen molar-refractivity contribution in [3.63, 3.8) is 0 Å². The first-order chi connectivity index (χ1) is 12.7. The zero-order valence-electron chi connectivity index (χ0n) is 14.9. The molecule has 0 bridgehead atoms. The lowest BCUT2D eigenvalue weighted by atomic mass is 10.1. The second-order valence-electron chi connectivity index (χ2n) is 5.50. The second kappa shape index (κ2) is 8.51. The van der Waals surface area contributed by atoms with Gasteiger partial charge >= 0.3 is 5.97 Å². The van der Waals surface area contributed by atoms with Crippen molar-refractivity contribution in [3.8, 4) is 16.9 Å². The van der Waals surface area contributed by atoms with E-state index in [1.165, 1.54) is 11.8 Å². The van der Waals surface area contributed by atoms with Crippen LogP contribution in [0.2, 0.25) is 0 Å². The van der Waals surface area contributed by atoms with Crippen molar-refractivity contribution in [1.29, 1.82) is 0 Å². The quantitative estimate of drug-likeness (QED) is 0.329. The van der Waals surface area contributed by atoms with Crippen LogP contribution < -0.4 is 4.74 Å². The third-order valence-electron chi connectivity index (χ3n) is 3.91. The number of ether oxygens (including phenoxy) is 2. The molecule has 1 atom stereocenters. The molecule has 2 heterocycles. The Bertz CT molecular complexity index is 893. The van der Waals surface area contributed by atoms with Gasteiger partial charge in [-0.25, -0.2) is 9.97 Å². The average molecular weight is 389 g/mol. The van der Waals surface area contributed by atoms with E-state index in [1.807, 2.05) is 38.1 Å². The number of hydrogen-bond donors (Lipinski definition) is 0. The number of rotatable bonds is 7. The van der Waals surface area contributed by atoms with Crippen LogP contribution in [-0.2, 0) is 9.53 Å². The van der Waals surface area contributed by atoms with Gasteiger partial charge in [-0.05, 0) is 31.0 Å². The van der Waals surface area contributed by atoms with Crippen molar-refractivity contribution in [3.05, 3.63) is 36.0 Å². The highest BCUT2D eigenvalue weighted by Crippen LogP contribution is 2.39. The number of hydrogen-bond acceptors (Lipinski definition) is 7. The molecule has 0 saturated heterocycles. The van der Waals surface area contributed by atoms with E-state index in [0.717, 1.165) is 32.1 Å². The standard InChI is InChI=1S/C19H20N2O3S2/c1-4-15(19(22)24-5-2)26-18-16-14(10-25-17(16)20-11-21-18)12-6-8-13(23-3)9-7-12/h6-11,15H,4-5H2,1-3H3/t15-/m1/s1. The Kier molecular flexibility index (Phi) is 6.11. The minimum atomic E-state index is -0.281. The minimum absolute atomic E-state index is 0.201. The van der Waals surface area contributed by atoms with Crippen LogP contribution in [0, 0.1) is 0 Å². The summed E-state index contributed by atoms with van der Waals surface area (Å²) in [6.07, 6.45) is 2.23. The zero-order valence-corrected chi connectivity index (χ0v) is 16.5. The van der Waals surface area contributed by atoms with Gasteiger partial charge in [0.15, 0.2) is 0 Å². The number of benzene rings is 1. The summed E-state index contributed by atoms with van der Waals surface area (Å²) in [4.78, 5) is 21.9. The van der Waals surface area contributed by atoms with Gasteiger partial charge in [0.1, 0.15) is 27.2 Å². The number of fused-ring (bicyclic) bond motifs is 1. The Hall–Kier alpha value is -2.12. The molecule has 0 aliphatic carbocycles. The first kappa shape index (κ1) is 18.7. The van der Waals surface area contributed by atoms with E-state index in [0.29, 0.717) is 13.0 Å². The average Bonchev–Trinajstić information content (AvgIpc) is 3.11. The van der Waals surface area contributed by atoms with Crippen LogP contribution in [0.5, 0.6) is 5.75 Å². The van der Waals surface area contributed by atoms with Crippen molar-refractivity contribution >= 4 is 39.3 Å². The van der Waals surface area contributed by atoms with Crippen LogP contribution in [0.25, 0.3) is 21.3 Å². The maximum absolute atomic E-state index is 12.2. The maximum Gasteiger partial charge on any atom is 0.319 e. The van der Waals surface area contributed by atoms with Gasteiger partial charge in [-0.3, -0.25) is 4.79 Å². The molecule has 26 heavy (non-hydrogen) atoms. The van der Waals surface area contributed by atoms with Crippen molar-refractivity contribution < 1.29 is 14.3 Å². The third kappa shape index (κ3) is 3.83. The molecule has 0 amide bonds. The van der Waals surface area contributed by atoms with Crippen LogP contribution in [0.3, 0.4) is 0 Å². The zero-order chi connectivity index (χ0) is 18.5. The summed E-state index contributed by atoms with van der Waals surface area (Å²) in [5.41, 5.74) is 2.13. The predicted octanol–water partition coefficient (Wildman–Crippen LogP) is 4.80. The number of thioether (sulfide) groups is 1. The SMILES string of the molecule is CCOC(=O)[C@@H](CC)Sc1ncnc2scc(-c3ccc(OC)cc3)c12. The summed E-state index contributed by atoms with van der Waals surface area (Å²) in [7, 11) is 1.65. The van der Waals surface area contributed by atoms with Crippen molar-refractivity contribution in [2.45, 2.75) is 30.5 Å². The normalized spacial score (nSPS) is 12.1. The molecular weight excluding hydrogens is 368 g/mol. The van der Waals surface area contributed by atoms with E-state index in [-0.39, 0.29) is 11.2 Å². The Balaban J connectivity index is 2.00. The van der Waals surface area contributed by atoms with E-state index < -0.39 is 0 Å². The molecule has 136 valence electrons. The Morgan fingerprint density at radius 1 is 1.23 bits per heavy atom. The fourth-order valence-electron chi connectivity index (χ4n) is 2.59. The first-order valence-electron chi connectivity index (χ1n) is 8.37. The van der Waals surface area contributed by atoms with Gasteiger partial charge in [-0.1, -0.05) is 30.8 Å². The molecule has 0 aliphatic rings. The molecule has 1 aromatic carbocycles. The van der Waals surface area contributed by atoms with Crippen molar-refractivity contribution in [1.82, 2.24) is 9.97 Å². The Morgan fingerprint density at radius 3 is 2.65 bits per heavy atom. The molecule has 0 saturated carbocycles. The van der Waals surface area contributed by atoms with Crippen LogP contribution >= 0.6 is 23.1 Å². The van der Waals surface area contributed by atoms with Gasteiger partial charge in [0.05, 0.1) is 19.1 Å². The molecule has 3 aromatic rings. The third-order valence-corrected chi connectivity index (χ3v) is 6.14. The van der Waals surface area contributed by atoms with Gasteiger partial charge in [0.2, 0.25) is 0 Å². The second-order valence-corrected chi connectivity index (χ2v) is 7.55. The number of aromatic nitrogens is 2. The van der Waals surface area contributed by atoms with Crippen molar-refractivity contribution in [2.24, 2.45) is 0 Å². The molecule has 2 aromatic heterocycles. The highest BCUT2D eigenvalue weighted by Gasteiger charge is 2.23. The largest absolute Gasteiger partial charge is 0.497 e. The molecule has 0 spiro atoms. The summed E-state index contributed by atoms with van der Waals surface area (Å²) < 4.78 is 10.4. The highest BCUT2D eigenvalue weighted by molar-refractivity contribution is 8.00. The van der Waals surface area contributed by atoms with E-state index in [4.69, 9.17) is 9.47 Å². The summed E-state index contributed by atoms with van der Waals surface area (Å²) in [5, 5.41) is 3.59. The first-order valence-corrected chi connectivity index (χ1v) is 10.1. The number of esters is 1. The van der Waals surface area contributed by atoms with E-state index in [2.05, 4.69) is 15.3 Å². The van der Waals surface area contributed by atoms with Gasteiger partial charge in [-0.2, -0.15) is 0 Å². The molecule has 0 fully saturated rings. The molecule has 0 N–H and O–H groups in total. The summed E-state index contributed by atoms with van der Waals surface area (Å²) in [6, 6.07) is 7.90. The van der Waals surface area contributed by atoms with E-state index >= 15 is 0 Å². The molecule has 0 radical (unpaired) electrons. The summed E-state index contributed by atoms with van der Waals surface area (Å²) >= 11 is 3.02. The predicted molar refractivity (Wildman–Crippen MR) is 106 cm³/mol. The van der Waals surface area contributed by atoms with Crippen LogP contribution in [0.4, 0.5) is 0 Å². The monoisotopic (exact) mass is 388 g/mol. The molecule has 5 nitrogen and oxygen atoms in total. The van der Waals surface area contributed by atoms with Gasteiger partial charge in [0, 0.05) is 10.9 Å². The molecule has 0 unspecified atom stereocenters. The fourth-order valence-corrected chi connectivity index (χ4v) is 4.60. The highest BCUT2D eigenvalue weighted by atomic mass is 32.2. The topological polar surface area (TPSA) is 61.3 Å². The summed E-state index contributed by atoms with van der Waals surface area (Å²) in [6.45, 7) is 4.18. The van der Waals surface area contributed by atoms with E-state index in [1.54, 1.807) is 24.8 Å². The van der Waals surface area contributed by atoms with Gasteiger partial charge in [-0.15, -0.1) is 11.3 Å². The lowest BCUT2D eigenvalue weighted by Gasteiger charge is -2.13. The molecule has 3 rings (SSSR count). The Morgan fingerprint density at radius 2 is 2.00 bits per heavy atom. The van der Waals surface area contributed by atoms with Crippen LogP contribution in [-0.4, -0.2) is 34.9 Å². The lowest BCUT2D eigenvalue weighted by Crippen LogP contribution is -2.19. The maximum atomic E-state index is 12.2.